The fourth-order valence-electron chi connectivity index (χ4n) is 2.38. The zero-order valence-electron chi connectivity index (χ0n) is 15.9. The Morgan fingerprint density at radius 2 is 1.92 bits per heavy atom. The van der Waals surface area contributed by atoms with Gasteiger partial charge in [-0.05, 0) is 65.2 Å². The van der Waals surface area contributed by atoms with Gasteiger partial charge in [-0.1, -0.05) is 0 Å². The lowest BCUT2D eigenvalue weighted by atomic mass is 10.3. The van der Waals surface area contributed by atoms with Gasteiger partial charge in [0.1, 0.15) is 23.1 Å². The number of aromatic nitrogens is 2. The lowest BCUT2D eigenvalue weighted by Gasteiger charge is -2.11. The number of anilines is 2. The fourth-order valence-corrected chi connectivity index (χ4v) is 2.38. The van der Waals surface area contributed by atoms with Crippen LogP contribution in [0.1, 0.15) is 29.7 Å². The average Bonchev–Trinajstić information content (AvgIpc) is 2.60. The maximum absolute atomic E-state index is 12.3. The van der Waals surface area contributed by atoms with Gasteiger partial charge in [0.25, 0.3) is 5.91 Å². The molecular weight excluding hydrogens is 330 g/mol. The molecule has 0 aliphatic carbocycles. The highest BCUT2D eigenvalue weighted by Crippen LogP contribution is 2.19. The van der Waals surface area contributed by atoms with E-state index >= 15 is 0 Å². The summed E-state index contributed by atoms with van der Waals surface area (Å²) in [5, 5.41) is 6.09. The number of benzene rings is 1. The number of carbonyl (C=O) groups is 1. The van der Waals surface area contributed by atoms with Crippen molar-refractivity contribution in [2.75, 3.05) is 39.1 Å². The molecule has 2 aromatic rings. The lowest BCUT2D eigenvalue weighted by molar-refractivity contribution is 0.0947. The van der Waals surface area contributed by atoms with Crippen LogP contribution in [-0.4, -0.2) is 54.6 Å². The molecule has 0 spiro atoms. The van der Waals surface area contributed by atoms with Gasteiger partial charge in [-0.15, -0.1) is 0 Å². The van der Waals surface area contributed by atoms with E-state index in [0.717, 1.165) is 24.4 Å². The molecule has 0 bridgehead atoms. The number of carbonyl (C=O) groups excluding carboxylic acids is 1. The van der Waals surface area contributed by atoms with Gasteiger partial charge in [0.05, 0.1) is 6.61 Å². The Morgan fingerprint density at radius 1 is 1.19 bits per heavy atom. The van der Waals surface area contributed by atoms with Gasteiger partial charge in [0.2, 0.25) is 0 Å². The summed E-state index contributed by atoms with van der Waals surface area (Å²) < 4.78 is 5.43. The number of amides is 1. The van der Waals surface area contributed by atoms with E-state index in [0.29, 0.717) is 30.5 Å². The number of nitrogens with one attached hydrogen (secondary N) is 2. The zero-order chi connectivity index (χ0) is 18.9. The quantitative estimate of drug-likeness (QED) is 0.672. The molecule has 2 rings (SSSR count). The van der Waals surface area contributed by atoms with Crippen molar-refractivity contribution in [1.29, 1.82) is 0 Å². The molecular formula is C19H27N5O2. The largest absolute Gasteiger partial charge is 0.494 e. The van der Waals surface area contributed by atoms with Crippen LogP contribution in [0.3, 0.4) is 0 Å². The summed E-state index contributed by atoms with van der Waals surface area (Å²) in [6.07, 6.45) is 0.889. The van der Waals surface area contributed by atoms with Crippen molar-refractivity contribution in [2.45, 2.75) is 20.3 Å². The first-order valence-electron chi connectivity index (χ1n) is 8.76. The minimum Gasteiger partial charge on any atom is -0.494 e. The van der Waals surface area contributed by atoms with E-state index in [9.17, 15) is 4.79 Å². The van der Waals surface area contributed by atoms with Crippen molar-refractivity contribution in [3.8, 4) is 5.75 Å². The van der Waals surface area contributed by atoms with Gasteiger partial charge in [-0.2, -0.15) is 0 Å². The van der Waals surface area contributed by atoms with E-state index < -0.39 is 0 Å². The Morgan fingerprint density at radius 3 is 2.58 bits per heavy atom. The van der Waals surface area contributed by atoms with Gasteiger partial charge in [0, 0.05) is 18.3 Å². The van der Waals surface area contributed by atoms with E-state index in [-0.39, 0.29) is 5.91 Å². The predicted octanol–water partition coefficient (Wildman–Crippen LogP) is 2.61. The minimum absolute atomic E-state index is 0.191. The van der Waals surface area contributed by atoms with E-state index in [1.807, 2.05) is 45.3 Å². The number of ether oxygens (including phenoxy) is 1. The van der Waals surface area contributed by atoms with Crippen molar-refractivity contribution in [1.82, 2.24) is 20.2 Å². The van der Waals surface area contributed by atoms with Crippen LogP contribution in [0, 0.1) is 6.92 Å². The van der Waals surface area contributed by atoms with Gasteiger partial charge < -0.3 is 20.3 Å². The summed E-state index contributed by atoms with van der Waals surface area (Å²) >= 11 is 0. The van der Waals surface area contributed by atoms with Crippen molar-refractivity contribution < 1.29 is 9.53 Å². The molecule has 1 aromatic heterocycles. The predicted molar refractivity (Wildman–Crippen MR) is 103 cm³/mol. The minimum atomic E-state index is -0.191. The molecule has 1 amide bonds. The lowest BCUT2D eigenvalue weighted by Crippen LogP contribution is -2.28. The monoisotopic (exact) mass is 357 g/mol. The van der Waals surface area contributed by atoms with Crippen molar-refractivity contribution in [3.63, 3.8) is 0 Å². The molecule has 0 saturated heterocycles. The number of aryl methyl sites for hydroxylation is 1. The standard InChI is InChI=1S/C19H27N5O2/c1-5-26-16-9-7-15(8-10-16)23-18-13-17(21-14(2)22-18)19(25)20-11-6-12-24(3)4/h7-10,13H,5-6,11-12H2,1-4H3,(H,20,25)(H,21,22,23). The molecule has 0 aliphatic rings. The Balaban J connectivity index is 2.00. The highest BCUT2D eigenvalue weighted by molar-refractivity contribution is 5.93. The molecule has 0 fully saturated rings. The van der Waals surface area contributed by atoms with Crippen LogP contribution in [-0.2, 0) is 0 Å². The maximum atomic E-state index is 12.3. The number of nitrogens with zero attached hydrogens (tertiary/aromatic N) is 3. The van der Waals surface area contributed by atoms with Crippen LogP contribution in [0.25, 0.3) is 0 Å². The molecule has 0 radical (unpaired) electrons. The molecule has 7 heteroatoms. The van der Waals surface area contributed by atoms with Crippen molar-refractivity contribution >= 4 is 17.4 Å². The van der Waals surface area contributed by atoms with Crippen LogP contribution in [0.15, 0.2) is 30.3 Å². The van der Waals surface area contributed by atoms with Gasteiger partial charge in [-0.3, -0.25) is 4.79 Å². The molecule has 2 N–H and O–H groups in total. The molecule has 0 atom stereocenters. The fraction of sp³-hybridized carbons (Fsp3) is 0.421. The molecule has 0 unspecified atom stereocenters. The Kier molecular flexibility index (Phi) is 7.35. The summed E-state index contributed by atoms with van der Waals surface area (Å²) in [4.78, 5) is 23.0. The Bertz CT molecular complexity index is 716. The van der Waals surface area contributed by atoms with E-state index in [2.05, 4.69) is 25.5 Å². The average molecular weight is 357 g/mol. The third kappa shape index (κ3) is 6.33. The molecule has 7 nitrogen and oxygen atoms in total. The highest BCUT2D eigenvalue weighted by Gasteiger charge is 2.10. The van der Waals surface area contributed by atoms with Crippen LogP contribution < -0.4 is 15.4 Å². The van der Waals surface area contributed by atoms with Crippen molar-refractivity contribution in [2.24, 2.45) is 0 Å². The maximum Gasteiger partial charge on any atom is 0.270 e. The summed E-state index contributed by atoms with van der Waals surface area (Å²) in [6, 6.07) is 9.24. The van der Waals surface area contributed by atoms with Crippen LogP contribution in [0.5, 0.6) is 5.75 Å². The third-order valence-corrected chi connectivity index (χ3v) is 3.58. The second kappa shape index (κ2) is 9.72. The molecule has 0 saturated carbocycles. The topological polar surface area (TPSA) is 79.4 Å². The third-order valence-electron chi connectivity index (χ3n) is 3.58. The highest BCUT2D eigenvalue weighted by atomic mass is 16.5. The SMILES string of the molecule is CCOc1ccc(Nc2cc(C(=O)NCCCN(C)C)nc(C)n2)cc1. The van der Waals surface area contributed by atoms with E-state index in [4.69, 9.17) is 4.74 Å². The first kappa shape index (κ1) is 19.7. The smallest absolute Gasteiger partial charge is 0.270 e. The summed E-state index contributed by atoms with van der Waals surface area (Å²) in [5.74, 6) is 1.75. The second-order valence-corrected chi connectivity index (χ2v) is 6.18. The second-order valence-electron chi connectivity index (χ2n) is 6.18. The Labute approximate surface area is 154 Å². The molecule has 140 valence electrons. The molecule has 26 heavy (non-hydrogen) atoms. The van der Waals surface area contributed by atoms with Gasteiger partial charge in [0.15, 0.2) is 0 Å². The summed E-state index contributed by atoms with van der Waals surface area (Å²) in [7, 11) is 4.02. The van der Waals surface area contributed by atoms with Gasteiger partial charge in [-0.25, -0.2) is 9.97 Å². The first-order chi connectivity index (χ1) is 12.5. The van der Waals surface area contributed by atoms with Crippen LogP contribution in [0.4, 0.5) is 11.5 Å². The van der Waals surface area contributed by atoms with Gasteiger partial charge >= 0.3 is 0 Å². The molecule has 1 aromatic carbocycles. The molecule has 0 aliphatic heterocycles. The van der Waals surface area contributed by atoms with E-state index in [1.165, 1.54) is 0 Å². The first-order valence-corrected chi connectivity index (χ1v) is 8.76. The van der Waals surface area contributed by atoms with Crippen LogP contribution in [0.2, 0.25) is 0 Å². The number of hydrogen-bond acceptors (Lipinski definition) is 6. The molecule has 1 heterocycles. The number of rotatable bonds is 9. The van der Waals surface area contributed by atoms with Crippen molar-refractivity contribution in [3.05, 3.63) is 41.9 Å². The van der Waals surface area contributed by atoms with E-state index in [1.54, 1.807) is 13.0 Å². The normalized spacial score (nSPS) is 10.7. The number of hydrogen-bond donors (Lipinski definition) is 2. The summed E-state index contributed by atoms with van der Waals surface area (Å²) in [5.41, 5.74) is 1.22. The Hall–Kier alpha value is -2.67. The summed E-state index contributed by atoms with van der Waals surface area (Å²) in [6.45, 7) is 5.88. The van der Waals surface area contributed by atoms with Crippen LogP contribution >= 0.6 is 0 Å². The zero-order valence-corrected chi connectivity index (χ0v) is 15.9.